The second-order valence-corrected chi connectivity index (χ2v) is 4.60. The molecule has 1 amide bonds. The van der Waals surface area contributed by atoms with Gasteiger partial charge in [0.1, 0.15) is 0 Å². The fourth-order valence-electron chi connectivity index (χ4n) is 1.60. The van der Waals surface area contributed by atoms with Gasteiger partial charge in [0, 0.05) is 33.6 Å². The minimum Gasteiger partial charge on any atom is -0.481 e. The Hall–Kier alpha value is -1.88. The minimum atomic E-state index is -0.826. The maximum atomic E-state index is 11.3. The van der Waals surface area contributed by atoms with Crippen LogP contribution in [0.5, 0.6) is 0 Å². The highest BCUT2D eigenvalue weighted by atomic mass is 16.4. The molecule has 0 heterocycles. The van der Waals surface area contributed by atoms with E-state index in [4.69, 9.17) is 5.11 Å². The summed E-state index contributed by atoms with van der Waals surface area (Å²) in [6.45, 7) is 1.31. The van der Waals surface area contributed by atoms with Crippen LogP contribution < -0.4 is 5.32 Å². The van der Waals surface area contributed by atoms with Crippen LogP contribution in [-0.2, 0) is 22.6 Å². The van der Waals surface area contributed by atoms with Crippen molar-refractivity contribution >= 4 is 11.9 Å². The first-order valence-corrected chi connectivity index (χ1v) is 6.19. The summed E-state index contributed by atoms with van der Waals surface area (Å²) in [5.41, 5.74) is 1.87. The number of hydrogen-bond donors (Lipinski definition) is 2. The highest BCUT2D eigenvalue weighted by molar-refractivity contribution is 5.75. The lowest BCUT2D eigenvalue weighted by Gasteiger charge is -2.10. The van der Waals surface area contributed by atoms with Crippen molar-refractivity contribution in [3.8, 4) is 0 Å². The van der Waals surface area contributed by atoms with E-state index in [1.54, 1.807) is 19.0 Å². The van der Waals surface area contributed by atoms with E-state index < -0.39 is 5.97 Å². The predicted octanol–water partition coefficient (Wildman–Crippen LogP) is 0.882. The van der Waals surface area contributed by atoms with E-state index in [2.05, 4.69) is 5.32 Å². The maximum absolute atomic E-state index is 11.3. The topological polar surface area (TPSA) is 69.6 Å². The van der Waals surface area contributed by atoms with E-state index in [-0.39, 0.29) is 12.3 Å². The van der Waals surface area contributed by atoms with Gasteiger partial charge in [-0.1, -0.05) is 24.3 Å². The Morgan fingerprint density at radius 3 is 2.26 bits per heavy atom. The molecule has 5 heteroatoms. The van der Waals surface area contributed by atoms with E-state index in [0.29, 0.717) is 19.5 Å². The number of carboxylic acids is 1. The van der Waals surface area contributed by atoms with Gasteiger partial charge in [-0.05, 0) is 11.1 Å². The first-order chi connectivity index (χ1) is 8.99. The van der Waals surface area contributed by atoms with Crippen LogP contribution in [0.3, 0.4) is 0 Å². The predicted molar refractivity (Wildman–Crippen MR) is 72.8 cm³/mol. The van der Waals surface area contributed by atoms with E-state index in [1.165, 1.54) is 0 Å². The Bertz CT molecular complexity index is 427. The van der Waals surface area contributed by atoms with Crippen molar-refractivity contribution in [3.63, 3.8) is 0 Å². The van der Waals surface area contributed by atoms with Crippen molar-refractivity contribution in [1.82, 2.24) is 10.2 Å². The van der Waals surface area contributed by atoms with Gasteiger partial charge in [0.25, 0.3) is 0 Å². The summed E-state index contributed by atoms with van der Waals surface area (Å²) in [6.07, 6.45) is 0.523. The SMILES string of the molecule is CN(C)C(=O)CCNCc1ccc(CC(=O)O)cc1. The molecule has 5 nitrogen and oxygen atoms in total. The van der Waals surface area contributed by atoms with Gasteiger partial charge < -0.3 is 15.3 Å². The molecule has 0 aliphatic heterocycles. The molecule has 0 saturated carbocycles. The molecule has 0 aromatic heterocycles. The number of carbonyl (C=O) groups excluding carboxylic acids is 1. The third-order valence-corrected chi connectivity index (χ3v) is 2.72. The van der Waals surface area contributed by atoms with Gasteiger partial charge in [0.05, 0.1) is 6.42 Å². The molecule has 0 atom stereocenters. The van der Waals surface area contributed by atoms with E-state index in [1.807, 2.05) is 24.3 Å². The van der Waals surface area contributed by atoms with Gasteiger partial charge in [-0.2, -0.15) is 0 Å². The Labute approximate surface area is 113 Å². The molecule has 19 heavy (non-hydrogen) atoms. The molecule has 0 fully saturated rings. The highest BCUT2D eigenvalue weighted by Gasteiger charge is 2.03. The third-order valence-electron chi connectivity index (χ3n) is 2.72. The molecule has 0 spiro atoms. The standard InChI is InChI=1S/C14H20N2O3/c1-16(2)13(17)7-8-15-10-12-5-3-11(4-6-12)9-14(18)19/h3-6,15H,7-10H2,1-2H3,(H,18,19). The zero-order valence-electron chi connectivity index (χ0n) is 11.3. The number of hydrogen-bond acceptors (Lipinski definition) is 3. The molecule has 1 aromatic rings. The van der Waals surface area contributed by atoms with Crippen molar-refractivity contribution in [3.05, 3.63) is 35.4 Å². The molecule has 104 valence electrons. The number of aliphatic carboxylic acids is 1. The molecule has 1 aromatic carbocycles. The lowest BCUT2D eigenvalue weighted by molar-refractivity contribution is -0.136. The Kier molecular flexibility index (Phi) is 6.02. The second kappa shape index (κ2) is 7.53. The average molecular weight is 264 g/mol. The fraction of sp³-hybridized carbons (Fsp3) is 0.429. The molecular weight excluding hydrogens is 244 g/mol. The third kappa shape index (κ3) is 6.01. The van der Waals surface area contributed by atoms with Crippen LogP contribution in [0, 0.1) is 0 Å². The van der Waals surface area contributed by atoms with Gasteiger partial charge >= 0.3 is 5.97 Å². The van der Waals surface area contributed by atoms with Crippen molar-refractivity contribution in [1.29, 1.82) is 0 Å². The van der Waals surface area contributed by atoms with Gasteiger partial charge in [-0.15, -0.1) is 0 Å². The number of carboxylic acid groups (broad SMARTS) is 1. The van der Waals surface area contributed by atoms with Crippen LogP contribution >= 0.6 is 0 Å². The summed E-state index contributed by atoms with van der Waals surface area (Å²) < 4.78 is 0. The van der Waals surface area contributed by atoms with Crippen molar-refractivity contribution < 1.29 is 14.7 Å². The van der Waals surface area contributed by atoms with Crippen LogP contribution in [0.15, 0.2) is 24.3 Å². The molecular formula is C14H20N2O3. The molecule has 0 aliphatic rings. The largest absolute Gasteiger partial charge is 0.481 e. The monoisotopic (exact) mass is 264 g/mol. The van der Waals surface area contributed by atoms with E-state index in [9.17, 15) is 9.59 Å². The van der Waals surface area contributed by atoms with Crippen LogP contribution in [0.4, 0.5) is 0 Å². The molecule has 0 saturated heterocycles. The zero-order chi connectivity index (χ0) is 14.3. The Morgan fingerprint density at radius 1 is 1.16 bits per heavy atom. The normalized spacial score (nSPS) is 10.2. The minimum absolute atomic E-state index is 0.0467. The van der Waals surface area contributed by atoms with E-state index in [0.717, 1.165) is 11.1 Å². The maximum Gasteiger partial charge on any atom is 0.307 e. The second-order valence-electron chi connectivity index (χ2n) is 4.60. The van der Waals surface area contributed by atoms with E-state index >= 15 is 0 Å². The average Bonchev–Trinajstić information content (AvgIpc) is 2.35. The number of nitrogens with zero attached hydrogens (tertiary/aromatic N) is 1. The number of carbonyl (C=O) groups is 2. The summed E-state index contributed by atoms with van der Waals surface area (Å²) in [5.74, 6) is -0.725. The summed E-state index contributed by atoms with van der Waals surface area (Å²) in [5, 5.41) is 11.8. The van der Waals surface area contributed by atoms with Crippen LogP contribution in [0.25, 0.3) is 0 Å². The molecule has 1 rings (SSSR count). The lowest BCUT2D eigenvalue weighted by Crippen LogP contribution is -2.26. The molecule has 0 bridgehead atoms. The summed E-state index contributed by atoms with van der Waals surface area (Å²) in [7, 11) is 3.48. The highest BCUT2D eigenvalue weighted by Crippen LogP contribution is 2.05. The summed E-state index contributed by atoms with van der Waals surface area (Å²) >= 11 is 0. The van der Waals surface area contributed by atoms with Crippen molar-refractivity contribution in [2.75, 3.05) is 20.6 Å². The van der Waals surface area contributed by atoms with Crippen molar-refractivity contribution in [2.45, 2.75) is 19.4 Å². The molecule has 0 aliphatic carbocycles. The lowest BCUT2D eigenvalue weighted by atomic mass is 10.1. The summed E-state index contributed by atoms with van der Waals surface area (Å²) in [4.78, 5) is 23.4. The van der Waals surface area contributed by atoms with Gasteiger partial charge in [-0.3, -0.25) is 9.59 Å². The van der Waals surface area contributed by atoms with Crippen LogP contribution in [0.2, 0.25) is 0 Å². The smallest absolute Gasteiger partial charge is 0.307 e. The molecule has 0 radical (unpaired) electrons. The molecule has 2 N–H and O–H groups in total. The van der Waals surface area contributed by atoms with Crippen molar-refractivity contribution in [2.24, 2.45) is 0 Å². The quantitative estimate of drug-likeness (QED) is 0.717. The zero-order valence-corrected chi connectivity index (χ0v) is 11.3. The van der Waals surface area contributed by atoms with Crippen LogP contribution in [-0.4, -0.2) is 42.5 Å². The van der Waals surface area contributed by atoms with Gasteiger partial charge in [0.15, 0.2) is 0 Å². The number of rotatable bonds is 7. The van der Waals surface area contributed by atoms with Gasteiger partial charge in [0.2, 0.25) is 5.91 Å². The number of benzene rings is 1. The Morgan fingerprint density at radius 2 is 1.74 bits per heavy atom. The number of amides is 1. The van der Waals surface area contributed by atoms with Crippen LogP contribution in [0.1, 0.15) is 17.5 Å². The first-order valence-electron chi connectivity index (χ1n) is 6.19. The summed E-state index contributed by atoms with van der Waals surface area (Å²) in [6, 6.07) is 7.43. The first kappa shape index (κ1) is 15.2. The Balaban J connectivity index is 2.30. The fourth-order valence-corrected chi connectivity index (χ4v) is 1.60. The van der Waals surface area contributed by atoms with Gasteiger partial charge in [-0.25, -0.2) is 0 Å². The number of nitrogens with one attached hydrogen (secondary N) is 1. The molecule has 0 unspecified atom stereocenters.